The van der Waals surface area contributed by atoms with Crippen LogP contribution in [0.5, 0.6) is 0 Å². The van der Waals surface area contributed by atoms with E-state index in [1.54, 1.807) is 0 Å². The molecule has 3 nitrogen and oxygen atoms in total. The minimum Gasteiger partial charge on any atom is -0.355 e. The molecule has 0 aliphatic carbocycles. The molecule has 4 heterocycles. The van der Waals surface area contributed by atoms with Crippen molar-refractivity contribution in [2.45, 2.75) is 13.8 Å². The molecule has 0 spiro atoms. The summed E-state index contributed by atoms with van der Waals surface area (Å²) < 4.78 is 5.02. The molecule has 224 valence electrons. The molecular weight excluding hydrogens is 581 g/mol. The van der Waals surface area contributed by atoms with Crippen molar-refractivity contribution in [3.05, 3.63) is 145 Å². The van der Waals surface area contributed by atoms with Crippen LogP contribution in [0.1, 0.15) is 11.1 Å². The van der Waals surface area contributed by atoms with E-state index in [-0.39, 0.29) is 0 Å². The Kier molecular flexibility index (Phi) is 5.06. The maximum Gasteiger partial charge on any atom is 0.198 e. The lowest BCUT2D eigenvalue weighted by atomic mass is 9.59. The predicted molar refractivity (Wildman–Crippen MR) is 206 cm³/mol. The van der Waals surface area contributed by atoms with Gasteiger partial charge in [-0.05, 0) is 72.4 Å². The van der Waals surface area contributed by atoms with Crippen molar-refractivity contribution in [3.8, 4) is 16.8 Å². The minimum atomic E-state index is 0.885. The van der Waals surface area contributed by atoms with Crippen LogP contribution in [0, 0.1) is 13.8 Å². The van der Waals surface area contributed by atoms with Gasteiger partial charge in [-0.1, -0.05) is 103 Å². The van der Waals surface area contributed by atoms with Crippen LogP contribution >= 0.6 is 0 Å². The lowest BCUT2D eigenvalue weighted by Gasteiger charge is -2.25. The first kappa shape index (κ1) is 26.1. The summed E-state index contributed by atoms with van der Waals surface area (Å²) in [5.41, 5.74) is 17.7. The van der Waals surface area contributed by atoms with Gasteiger partial charge in [-0.15, -0.1) is 0 Å². The van der Waals surface area contributed by atoms with E-state index in [1.165, 1.54) is 98.8 Å². The Morgan fingerprint density at radius 3 is 2.00 bits per heavy atom. The number of fused-ring (bicyclic) bond motifs is 11. The van der Waals surface area contributed by atoms with Gasteiger partial charge in [0.2, 0.25) is 0 Å². The van der Waals surface area contributed by atoms with E-state index in [1.807, 2.05) is 0 Å². The number of para-hydroxylation sites is 5. The van der Waals surface area contributed by atoms with Gasteiger partial charge < -0.3 is 14.3 Å². The molecule has 0 atom stereocenters. The standard InChI is InChI=1S/C44H30BN3/c1-25-21-34(42-41(22-25)48-39-20-8-5-13-28(39)30-16-10-17-35(45-42)44(30)48)32-24-40-33(23-37(32)46-36-18-6-3-11-26(36)2)31-15-9-14-29-27-12-4-7-19-38(27)47(40)43(29)31/h3-24,45-46H,1-2H3. The summed E-state index contributed by atoms with van der Waals surface area (Å²) in [4.78, 5) is 0. The maximum absolute atomic E-state index is 3.93. The first-order chi connectivity index (χ1) is 23.6. The van der Waals surface area contributed by atoms with Gasteiger partial charge in [0, 0.05) is 60.5 Å². The van der Waals surface area contributed by atoms with Crippen molar-refractivity contribution in [1.82, 2.24) is 8.97 Å². The molecule has 0 bridgehead atoms. The molecule has 4 heteroatoms. The highest BCUT2D eigenvalue weighted by atomic mass is 15.0. The molecule has 0 saturated carbocycles. The second kappa shape index (κ2) is 9.30. The highest BCUT2D eigenvalue weighted by Crippen LogP contribution is 2.44. The summed E-state index contributed by atoms with van der Waals surface area (Å²) in [6, 6.07) is 49.6. The van der Waals surface area contributed by atoms with Gasteiger partial charge in [0.15, 0.2) is 7.28 Å². The molecule has 1 aliphatic heterocycles. The zero-order valence-corrected chi connectivity index (χ0v) is 26.8. The van der Waals surface area contributed by atoms with Crippen LogP contribution in [0.4, 0.5) is 11.4 Å². The Balaban J connectivity index is 1.27. The van der Waals surface area contributed by atoms with Crippen molar-refractivity contribution in [1.29, 1.82) is 0 Å². The second-order valence-corrected chi connectivity index (χ2v) is 13.6. The van der Waals surface area contributed by atoms with E-state index >= 15 is 0 Å². The number of rotatable bonds is 3. The lowest BCUT2D eigenvalue weighted by molar-refractivity contribution is 1.18. The summed E-state index contributed by atoms with van der Waals surface area (Å²) >= 11 is 0. The van der Waals surface area contributed by atoms with E-state index in [9.17, 15) is 0 Å². The number of hydrogen-bond acceptors (Lipinski definition) is 1. The summed E-state index contributed by atoms with van der Waals surface area (Å²) in [6.07, 6.45) is 0. The number of aryl methyl sites for hydroxylation is 2. The van der Waals surface area contributed by atoms with Crippen LogP contribution in [0.2, 0.25) is 0 Å². The number of nitrogens with zero attached hydrogens (tertiary/aromatic N) is 2. The van der Waals surface area contributed by atoms with Crippen LogP contribution in [-0.2, 0) is 0 Å². The molecule has 0 radical (unpaired) electrons. The fourth-order valence-electron chi connectivity index (χ4n) is 8.76. The highest BCUT2D eigenvalue weighted by molar-refractivity contribution is 6.73. The normalized spacial score (nSPS) is 12.5. The van der Waals surface area contributed by atoms with Gasteiger partial charge in [-0.2, -0.15) is 0 Å². The highest BCUT2D eigenvalue weighted by Gasteiger charge is 2.27. The van der Waals surface area contributed by atoms with Crippen molar-refractivity contribution in [3.63, 3.8) is 0 Å². The van der Waals surface area contributed by atoms with Crippen LogP contribution < -0.4 is 16.2 Å². The molecule has 3 aromatic heterocycles. The van der Waals surface area contributed by atoms with E-state index < -0.39 is 0 Å². The zero-order valence-electron chi connectivity index (χ0n) is 26.8. The van der Waals surface area contributed by atoms with Gasteiger partial charge in [0.25, 0.3) is 0 Å². The monoisotopic (exact) mass is 611 g/mol. The van der Waals surface area contributed by atoms with E-state index in [4.69, 9.17) is 0 Å². The largest absolute Gasteiger partial charge is 0.355 e. The molecule has 0 saturated heterocycles. The maximum atomic E-state index is 3.93. The summed E-state index contributed by atoms with van der Waals surface area (Å²) in [7, 11) is 0.885. The van der Waals surface area contributed by atoms with Gasteiger partial charge in [-0.25, -0.2) is 0 Å². The molecule has 0 unspecified atom stereocenters. The number of nitrogens with one attached hydrogen (secondary N) is 1. The van der Waals surface area contributed by atoms with Gasteiger partial charge in [-0.3, -0.25) is 0 Å². The van der Waals surface area contributed by atoms with Gasteiger partial charge in [0.1, 0.15) is 0 Å². The average molecular weight is 612 g/mol. The van der Waals surface area contributed by atoms with Crippen molar-refractivity contribution in [2.75, 3.05) is 5.32 Å². The summed E-state index contributed by atoms with van der Waals surface area (Å²) in [6.45, 7) is 4.43. The molecular formula is C44H30BN3. The molecule has 1 N–H and O–H groups in total. The summed E-state index contributed by atoms with van der Waals surface area (Å²) in [5.74, 6) is 0. The molecule has 11 rings (SSSR count). The third kappa shape index (κ3) is 3.34. The van der Waals surface area contributed by atoms with Gasteiger partial charge >= 0.3 is 0 Å². The Morgan fingerprint density at radius 1 is 0.500 bits per heavy atom. The van der Waals surface area contributed by atoms with E-state index in [0.29, 0.717) is 0 Å². The number of benzene rings is 7. The fourth-order valence-corrected chi connectivity index (χ4v) is 8.76. The number of aromatic nitrogens is 2. The van der Waals surface area contributed by atoms with E-state index in [2.05, 4.69) is 162 Å². The Hall–Kier alpha value is -6.00. The molecule has 10 aromatic rings. The Bertz CT molecular complexity index is 2980. The molecule has 7 aromatic carbocycles. The lowest BCUT2D eigenvalue weighted by Crippen LogP contribution is -2.37. The topological polar surface area (TPSA) is 21.4 Å². The average Bonchev–Trinajstić information content (AvgIpc) is 3.75. The third-order valence-corrected chi connectivity index (χ3v) is 10.8. The minimum absolute atomic E-state index is 0.885. The molecule has 48 heavy (non-hydrogen) atoms. The first-order valence-corrected chi connectivity index (χ1v) is 16.8. The number of hydrogen-bond donors (Lipinski definition) is 1. The molecule has 0 fully saturated rings. The smallest absolute Gasteiger partial charge is 0.198 e. The SMILES string of the molecule is Cc1cc(-c2cc3c(cc2Nc2ccccc2C)c2cccc4c5ccccc5n3c42)c2c(c1)-n1c3ccccc3c3cccc(c31)B2. The van der Waals surface area contributed by atoms with Gasteiger partial charge in [0.05, 0.1) is 22.1 Å². The number of anilines is 2. The van der Waals surface area contributed by atoms with Crippen LogP contribution in [0.25, 0.3) is 76.7 Å². The Morgan fingerprint density at radius 2 is 1.17 bits per heavy atom. The third-order valence-electron chi connectivity index (χ3n) is 10.8. The summed E-state index contributed by atoms with van der Waals surface area (Å²) in [5, 5.41) is 11.7. The molecule has 1 aliphatic rings. The van der Waals surface area contributed by atoms with Crippen LogP contribution in [0.15, 0.2) is 133 Å². The second-order valence-electron chi connectivity index (χ2n) is 13.6. The van der Waals surface area contributed by atoms with Crippen molar-refractivity contribution >= 4 is 89.5 Å². The first-order valence-electron chi connectivity index (χ1n) is 16.8. The predicted octanol–water partition coefficient (Wildman–Crippen LogP) is 9.66. The zero-order chi connectivity index (χ0) is 31.7. The Labute approximate surface area is 278 Å². The van der Waals surface area contributed by atoms with Crippen molar-refractivity contribution < 1.29 is 0 Å². The van der Waals surface area contributed by atoms with Crippen LogP contribution in [-0.4, -0.2) is 16.2 Å². The molecule has 0 amide bonds. The fraction of sp³-hybridized carbons (Fsp3) is 0.0455. The quantitative estimate of drug-likeness (QED) is 0.198. The van der Waals surface area contributed by atoms with Crippen LogP contribution in [0.3, 0.4) is 0 Å². The van der Waals surface area contributed by atoms with E-state index in [0.717, 1.165) is 18.7 Å². The van der Waals surface area contributed by atoms with Crippen molar-refractivity contribution in [2.24, 2.45) is 0 Å².